The van der Waals surface area contributed by atoms with Crippen molar-refractivity contribution in [1.82, 2.24) is 9.78 Å². The Labute approximate surface area is 103 Å². The summed E-state index contributed by atoms with van der Waals surface area (Å²) in [7, 11) is 1.74. The van der Waals surface area contributed by atoms with Crippen molar-refractivity contribution in [3.8, 4) is 11.3 Å². The summed E-state index contributed by atoms with van der Waals surface area (Å²) in [4.78, 5) is 11.3. The maximum absolute atomic E-state index is 11.3. The number of amides is 1. The number of hydrogen-bond acceptors (Lipinski definition) is 3. The number of hydrogen-bond donors (Lipinski definition) is 1. The quantitative estimate of drug-likeness (QED) is 0.909. The number of nitrogens with two attached hydrogens (primary N) is 1. The van der Waals surface area contributed by atoms with Gasteiger partial charge in [0.15, 0.2) is 0 Å². The summed E-state index contributed by atoms with van der Waals surface area (Å²) in [6.45, 7) is 1.93. The molecule has 0 atom stereocenters. The van der Waals surface area contributed by atoms with Crippen molar-refractivity contribution in [2.45, 2.75) is 13.3 Å². The van der Waals surface area contributed by atoms with Crippen LogP contribution in [0.1, 0.15) is 23.2 Å². The topological polar surface area (TPSA) is 74.1 Å². The van der Waals surface area contributed by atoms with Gasteiger partial charge in [0.25, 0.3) is 5.91 Å². The van der Waals surface area contributed by atoms with E-state index in [4.69, 9.17) is 21.8 Å². The summed E-state index contributed by atoms with van der Waals surface area (Å²) in [5, 5.41) is 4.48. The molecular weight excluding hydrogens is 242 g/mol. The standard InChI is InChI=1S/C11H12ClN3O2/c1-3-6-4-7(10(17-6)11(13)16)9-8(12)5-14-15(9)2/h4-5H,3H2,1-2H3,(H2,13,16). The van der Waals surface area contributed by atoms with Gasteiger partial charge in [0, 0.05) is 13.5 Å². The van der Waals surface area contributed by atoms with Gasteiger partial charge in [-0.2, -0.15) is 5.10 Å². The first-order valence-electron chi connectivity index (χ1n) is 5.15. The molecule has 0 aliphatic heterocycles. The number of furan rings is 1. The van der Waals surface area contributed by atoms with Gasteiger partial charge >= 0.3 is 0 Å². The number of halogens is 1. The zero-order valence-corrected chi connectivity index (χ0v) is 10.3. The fraction of sp³-hybridized carbons (Fsp3) is 0.273. The second kappa shape index (κ2) is 4.25. The molecule has 2 aromatic heterocycles. The Hall–Kier alpha value is -1.75. The van der Waals surface area contributed by atoms with E-state index in [1.165, 1.54) is 6.20 Å². The van der Waals surface area contributed by atoms with E-state index in [0.717, 1.165) is 0 Å². The molecule has 17 heavy (non-hydrogen) atoms. The second-order valence-corrected chi connectivity index (χ2v) is 4.05. The average Bonchev–Trinajstić information content (AvgIpc) is 2.82. The molecule has 0 saturated carbocycles. The third-order valence-electron chi connectivity index (χ3n) is 2.50. The van der Waals surface area contributed by atoms with Crippen LogP contribution >= 0.6 is 11.6 Å². The van der Waals surface area contributed by atoms with Gasteiger partial charge in [0.2, 0.25) is 5.76 Å². The number of carbonyl (C=O) groups is 1. The maximum atomic E-state index is 11.3. The fourth-order valence-corrected chi connectivity index (χ4v) is 1.96. The number of aryl methyl sites for hydroxylation is 2. The fourth-order valence-electron chi connectivity index (χ4n) is 1.69. The van der Waals surface area contributed by atoms with Crippen LogP contribution in [0.3, 0.4) is 0 Å². The van der Waals surface area contributed by atoms with Gasteiger partial charge in [0.05, 0.1) is 22.5 Å². The number of carbonyl (C=O) groups excluding carboxylic acids is 1. The molecular formula is C11H12ClN3O2. The molecule has 0 aliphatic carbocycles. The molecule has 6 heteroatoms. The van der Waals surface area contributed by atoms with E-state index >= 15 is 0 Å². The molecule has 2 N–H and O–H groups in total. The number of aromatic nitrogens is 2. The van der Waals surface area contributed by atoms with Crippen molar-refractivity contribution in [3.05, 3.63) is 28.8 Å². The van der Waals surface area contributed by atoms with E-state index in [1.54, 1.807) is 17.8 Å². The van der Waals surface area contributed by atoms with Crippen LogP contribution in [0.15, 0.2) is 16.7 Å². The summed E-state index contributed by atoms with van der Waals surface area (Å²) in [6, 6.07) is 1.77. The number of primary amides is 1. The highest BCUT2D eigenvalue weighted by Gasteiger charge is 2.21. The molecule has 0 saturated heterocycles. The zero-order chi connectivity index (χ0) is 12.6. The van der Waals surface area contributed by atoms with Gasteiger partial charge in [-0.15, -0.1) is 0 Å². The first kappa shape index (κ1) is 11.7. The van der Waals surface area contributed by atoms with Crippen LogP contribution in [-0.4, -0.2) is 15.7 Å². The minimum Gasteiger partial charge on any atom is -0.455 e. The number of rotatable bonds is 3. The van der Waals surface area contributed by atoms with Gasteiger partial charge < -0.3 is 10.2 Å². The Morgan fingerprint density at radius 1 is 1.65 bits per heavy atom. The maximum Gasteiger partial charge on any atom is 0.285 e. The summed E-state index contributed by atoms with van der Waals surface area (Å²) in [5.41, 5.74) is 6.49. The molecule has 2 rings (SSSR count). The Bertz CT molecular complexity index is 552. The van der Waals surface area contributed by atoms with Gasteiger partial charge in [-0.1, -0.05) is 18.5 Å². The van der Waals surface area contributed by atoms with E-state index in [1.807, 2.05) is 6.92 Å². The third-order valence-corrected chi connectivity index (χ3v) is 2.78. The predicted octanol–water partition coefficient (Wildman–Crippen LogP) is 1.99. The Balaban J connectivity index is 2.66. The Morgan fingerprint density at radius 3 is 2.82 bits per heavy atom. The Kier molecular flexibility index (Phi) is 2.93. The lowest BCUT2D eigenvalue weighted by Crippen LogP contribution is -2.11. The van der Waals surface area contributed by atoms with Gasteiger partial charge in [-0.3, -0.25) is 9.48 Å². The molecule has 0 radical (unpaired) electrons. The number of nitrogens with zero attached hydrogens (tertiary/aromatic N) is 2. The molecule has 0 bridgehead atoms. The highest BCUT2D eigenvalue weighted by molar-refractivity contribution is 6.33. The minimum absolute atomic E-state index is 0.118. The second-order valence-electron chi connectivity index (χ2n) is 3.64. The smallest absolute Gasteiger partial charge is 0.285 e. The lowest BCUT2D eigenvalue weighted by atomic mass is 10.1. The van der Waals surface area contributed by atoms with Gasteiger partial charge in [-0.05, 0) is 6.07 Å². The van der Waals surface area contributed by atoms with Crippen LogP contribution in [0.2, 0.25) is 5.02 Å². The largest absolute Gasteiger partial charge is 0.455 e. The normalized spacial score (nSPS) is 10.8. The van der Waals surface area contributed by atoms with Gasteiger partial charge in [0.1, 0.15) is 5.76 Å². The van der Waals surface area contributed by atoms with Crippen molar-refractivity contribution in [2.75, 3.05) is 0 Å². The molecule has 0 aromatic carbocycles. The van der Waals surface area contributed by atoms with E-state index in [9.17, 15) is 4.79 Å². The third kappa shape index (κ3) is 1.93. The first-order chi connectivity index (χ1) is 8.04. The van der Waals surface area contributed by atoms with Crippen LogP contribution in [0.25, 0.3) is 11.3 Å². The van der Waals surface area contributed by atoms with Crippen LogP contribution < -0.4 is 5.73 Å². The lowest BCUT2D eigenvalue weighted by Gasteiger charge is -2.00. The molecule has 2 heterocycles. The van der Waals surface area contributed by atoms with Crippen molar-refractivity contribution < 1.29 is 9.21 Å². The molecule has 0 fully saturated rings. The zero-order valence-electron chi connectivity index (χ0n) is 9.53. The van der Waals surface area contributed by atoms with Crippen LogP contribution in [0, 0.1) is 0 Å². The summed E-state index contributed by atoms with van der Waals surface area (Å²) >= 11 is 6.03. The highest BCUT2D eigenvalue weighted by Crippen LogP contribution is 2.32. The highest BCUT2D eigenvalue weighted by atomic mass is 35.5. The predicted molar refractivity (Wildman–Crippen MR) is 63.8 cm³/mol. The monoisotopic (exact) mass is 253 g/mol. The van der Waals surface area contributed by atoms with E-state index in [2.05, 4.69) is 5.10 Å². The minimum atomic E-state index is -0.614. The van der Waals surface area contributed by atoms with Crippen molar-refractivity contribution in [1.29, 1.82) is 0 Å². The molecule has 1 amide bonds. The van der Waals surface area contributed by atoms with E-state index in [0.29, 0.717) is 28.5 Å². The van der Waals surface area contributed by atoms with Crippen LogP contribution in [-0.2, 0) is 13.5 Å². The van der Waals surface area contributed by atoms with Crippen LogP contribution in [0.5, 0.6) is 0 Å². The average molecular weight is 254 g/mol. The van der Waals surface area contributed by atoms with Crippen LogP contribution in [0.4, 0.5) is 0 Å². The Morgan fingerprint density at radius 2 is 2.35 bits per heavy atom. The van der Waals surface area contributed by atoms with E-state index in [-0.39, 0.29) is 5.76 Å². The van der Waals surface area contributed by atoms with Crippen molar-refractivity contribution >= 4 is 17.5 Å². The van der Waals surface area contributed by atoms with Crippen molar-refractivity contribution in [2.24, 2.45) is 12.8 Å². The first-order valence-corrected chi connectivity index (χ1v) is 5.52. The lowest BCUT2D eigenvalue weighted by molar-refractivity contribution is 0.0973. The SMILES string of the molecule is CCc1cc(-c2c(Cl)cnn2C)c(C(N)=O)o1. The molecule has 0 aliphatic rings. The van der Waals surface area contributed by atoms with E-state index < -0.39 is 5.91 Å². The molecule has 5 nitrogen and oxygen atoms in total. The summed E-state index contributed by atoms with van der Waals surface area (Å²) in [5.74, 6) is 0.190. The molecule has 0 spiro atoms. The molecule has 0 unspecified atom stereocenters. The molecule has 90 valence electrons. The summed E-state index contributed by atoms with van der Waals surface area (Å²) in [6.07, 6.45) is 2.19. The summed E-state index contributed by atoms with van der Waals surface area (Å²) < 4.78 is 6.97. The van der Waals surface area contributed by atoms with Crippen molar-refractivity contribution in [3.63, 3.8) is 0 Å². The van der Waals surface area contributed by atoms with Gasteiger partial charge in [-0.25, -0.2) is 0 Å². The molecule has 2 aromatic rings.